The highest BCUT2D eigenvalue weighted by molar-refractivity contribution is 7.46. The summed E-state index contributed by atoms with van der Waals surface area (Å²) in [4.78, 5) is 42.0. The molecule has 0 aromatic carbocycles. The quantitative estimate of drug-likeness (QED) is 0.381. The van der Waals surface area contributed by atoms with E-state index in [0.717, 1.165) is 16.8 Å². The van der Waals surface area contributed by atoms with Crippen LogP contribution in [0.5, 0.6) is 0 Å². The predicted octanol–water partition coefficient (Wildman–Crippen LogP) is -1.49. The number of hydrogen-bond donors (Lipinski definition) is 4. The molecule has 0 saturated carbocycles. The van der Waals surface area contributed by atoms with Crippen molar-refractivity contribution in [3.8, 4) is 0 Å². The van der Waals surface area contributed by atoms with Gasteiger partial charge in [-0.1, -0.05) is 0 Å². The molecule has 0 spiro atoms. The Bertz CT molecular complexity index is 703. The van der Waals surface area contributed by atoms with Crippen molar-refractivity contribution >= 4 is 19.4 Å². The first-order valence-electron chi connectivity index (χ1n) is 6.13. The van der Waals surface area contributed by atoms with Crippen molar-refractivity contribution < 1.29 is 30.1 Å². The molecule has 4 N–H and O–H groups in total. The van der Waals surface area contributed by atoms with Crippen LogP contribution in [0, 0.1) is 0 Å². The Morgan fingerprint density at radius 2 is 2.24 bits per heavy atom. The van der Waals surface area contributed by atoms with E-state index in [1.807, 2.05) is 4.98 Å². The molecule has 21 heavy (non-hydrogen) atoms. The van der Waals surface area contributed by atoms with E-state index in [4.69, 9.17) is 27.5 Å². The SMILES string of the molecule is [3H]C(OP(=O)(O)O)C1OC(n2ccc(=O)[nH]c2=O)C(Cl)C1O. The first-order valence-corrected chi connectivity index (χ1v) is 7.52. The highest BCUT2D eigenvalue weighted by Gasteiger charge is 2.44. The number of nitrogens with one attached hydrogen (secondary N) is 1. The molecule has 5 atom stereocenters. The van der Waals surface area contributed by atoms with Crippen molar-refractivity contribution in [1.29, 1.82) is 0 Å². The number of aromatic nitrogens is 2. The van der Waals surface area contributed by atoms with E-state index < -0.39 is 49.5 Å². The zero-order chi connectivity index (χ0) is 16.7. The predicted molar refractivity (Wildman–Crippen MR) is 68.9 cm³/mol. The van der Waals surface area contributed by atoms with E-state index in [2.05, 4.69) is 4.52 Å². The molecule has 0 radical (unpaired) electrons. The lowest BCUT2D eigenvalue weighted by molar-refractivity contribution is -0.0449. The van der Waals surface area contributed by atoms with Gasteiger partial charge in [0, 0.05) is 12.3 Å². The van der Waals surface area contributed by atoms with E-state index in [9.17, 15) is 19.3 Å². The zero-order valence-electron chi connectivity index (χ0n) is 11.2. The van der Waals surface area contributed by atoms with Gasteiger partial charge in [0.05, 0.1) is 7.95 Å². The second-order valence-electron chi connectivity index (χ2n) is 4.18. The number of rotatable bonds is 4. The second kappa shape index (κ2) is 6.01. The number of phosphoric acid groups is 1. The Balaban J connectivity index is 2.25. The molecule has 1 aromatic rings. The van der Waals surface area contributed by atoms with Gasteiger partial charge in [-0.2, -0.15) is 0 Å². The number of phosphoric ester groups is 1. The highest BCUT2D eigenvalue weighted by Crippen LogP contribution is 2.39. The zero-order valence-corrected chi connectivity index (χ0v) is 11.8. The number of H-pyrrole nitrogens is 1. The monoisotopic (exact) mass is 344 g/mol. The van der Waals surface area contributed by atoms with Crippen molar-refractivity contribution in [2.45, 2.75) is 23.8 Å². The fourth-order valence-electron chi connectivity index (χ4n) is 1.76. The standard InChI is InChI=1S/C9H12ClN2O8P/c10-6-7(14)4(3-19-21(16,17)18)20-8(6)12-2-1-5(13)11-9(12)15/h1-2,4,6-8,14H,3H2,(H,11,13,15)(H2,16,17,18)/i3T. The normalized spacial score (nSPS) is 31.9. The van der Waals surface area contributed by atoms with Crippen molar-refractivity contribution in [3.05, 3.63) is 33.1 Å². The number of halogens is 1. The van der Waals surface area contributed by atoms with Crippen LogP contribution in [0.3, 0.4) is 0 Å². The van der Waals surface area contributed by atoms with Gasteiger partial charge in [-0.15, -0.1) is 11.6 Å². The van der Waals surface area contributed by atoms with Crippen LogP contribution in [0.2, 0.25) is 0 Å². The van der Waals surface area contributed by atoms with Gasteiger partial charge in [-0.25, -0.2) is 9.36 Å². The third-order valence-electron chi connectivity index (χ3n) is 2.69. The summed E-state index contributed by atoms with van der Waals surface area (Å²) in [5.41, 5.74) is -1.50. The third-order valence-corrected chi connectivity index (χ3v) is 3.56. The Kier molecular flexibility index (Phi) is 4.27. The maximum atomic E-state index is 11.7. The van der Waals surface area contributed by atoms with Gasteiger partial charge >= 0.3 is 13.5 Å². The van der Waals surface area contributed by atoms with Gasteiger partial charge in [0.25, 0.3) is 5.56 Å². The lowest BCUT2D eigenvalue weighted by atomic mass is 10.2. The van der Waals surface area contributed by atoms with Gasteiger partial charge < -0.3 is 19.6 Å². The molecule has 12 heteroatoms. The van der Waals surface area contributed by atoms with E-state index in [1.165, 1.54) is 0 Å². The Morgan fingerprint density at radius 3 is 2.81 bits per heavy atom. The summed E-state index contributed by atoms with van der Waals surface area (Å²) in [5, 5.41) is 8.70. The molecule has 0 aliphatic carbocycles. The van der Waals surface area contributed by atoms with Crippen LogP contribution in [-0.2, 0) is 13.8 Å². The summed E-state index contributed by atoms with van der Waals surface area (Å²) in [7, 11) is -4.97. The molecule has 2 rings (SSSR count). The van der Waals surface area contributed by atoms with Gasteiger partial charge in [0.15, 0.2) is 6.23 Å². The summed E-state index contributed by atoms with van der Waals surface area (Å²) in [6.07, 6.45) is -3.20. The topological polar surface area (TPSA) is 151 Å². The highest BCUT2D eigenvalue weighted by atomic mass is 35.5. The molecule has 1 fully saturated rings. The van der Waals surface area contributed by atoms with E-state index in [0.29, 0.717) is 0 Å². The van der Waals surface area contributed by atoms with E-state index in [1.54, 1.807) is 0 Å². The first kappa shape index (κ1) is 14.9. The smallest absolute Gasteiger partial charge is 0.389 e. The summed E-state index contributed by atoms with van der Waals surface area (Å²) >= 11 is 5.93. The maximum absolute atomic E-state index is 11.7. The average Bonchev–Trinajstić information content (AvgIpc) is 2.65. The van der Waals surface area contributed by atoms with Crippen LogP contribution in [-0.4, -0.2) is 48.6 Å². The molecular weight excluding hydrogens is 331 g/mol. The molecule has 1 saturated heterocycles. The summed E-state index contributed by atoms with van der Waals surface area (Å²) in [5.74, 6) is 0. The number of nitrogens with zero attached hydrogens (tertiary/aromatic N) is 1. The van der Waals surface area contributed by atoms with Crippen molar-refractivity contribution in [1.82, 2.24) is 9.55 Å². The average molecular weight is 345 g/mol. The third kappa shape index (κ3) is 3.80. The Hall–Kier alpha value is -1.000. The molecule has 1 aromatic heterocycles. The fourth-order valence-corrected chi connectivity index (χ4v) is 2.37. The number of aromatic amines is 1. The van der Waals surface area contributed by atoms with Crippen LogP contribution in [0.15, 0.2) is 21.9 Å². The van der Waals surface area contributed by atoms with Crippen molar-refractivity contribution in [3.63, 3.8) is 0 Å². The number of alkyl halides is 1. The van der Waals surface area contributed by atoms with E-state index >= 15 is 0 Å². The number of ether oxygens (including phenoxy) is 1. The number of aliphatic hydroxyl groups is 1. The first-order chi connectivity index (χ1) is 10.1. The van der Waals surface area contributed by atoms with Gasteiger partial charge in [-0.05, 0) is 0 Å². The Labute approximate surface area is 123 Å². The molecule has 5 unspecified atom stereocenters. The molecule has 10 nitrogen and oxygen atoms in total. The number of hydrogen-bond acceptors (Lipinski definition) is 6. The second-order valence-corrected chi connectivity index (χ2v) is 5.87. The van der Waals surface area contributed by atoms with E-state index in [-0.39, 0.29) is 0 Å². The lowest BCUT2D eigenvalue weighted by Gasteiger charge is -2.16. The van der Waals surface area contributed by atoms with Gasteiger partial charge in [0.2, 0.25) is 0 Å². The van der Waals surface area contributed by atoms with Gasteiger partial charge in [0.1, 0.15) is 17.6 Å². The van der Waals surface area contributed by atoms with Crippen LogP contribution < -0.4 is 11.2 Å². The van der Waals surface area contributed by atoms with Gasteiger partial charge in [-0.3, -0.25) is 18.9 Å². The van der Waals surface area contributed by atoms with Crippen LogP contribution in [0.4, 0.5) is 0 Å². The molecule has 1 aliphatic rings. The summed E-state index contributed by atoms with van der Waals surface area (Å²) < 4.78 is 28.4. The minimum absolute atomic E-state index is 0.648. The molecule has 1 aliphatic heterocycles. The molecular formula is C9H12ClN2O8P. The lowest BCUT2D eigenvalue weighted by Crippen LogP contribution is -2.35. The largest absolute Gasteiger partial charge is 0.469 e. The van der Waals surface area contributed by atoms with Crippen molar-refractivity contribution in [2.75, 3.05) is 6.58 Å². The molecule has 2 heterocycles. The number of aliphatic hydroxyl groups excluding tert-OH is 1. The van der Waals surface area contributed by atoms with Crippen LogP contribution in [0.1, 0.15) is 7.60 Å². The summed E-state index contributed by atoms with van der Waals surface area (Å²) in [6, 6.07) is 1.03. The minimum atomic E-state index is -4.97. The van der Waals surface area contributed by atoms with Crippen molar-refractivity contribution in [2.24, 2.45) is 0 Å². The summed E-state index contributed by atoms with van der Waals surface area (Å²) in [6.45, 7) is -1.93. The Morgan fingerprint density at radius 1 is 1.57 bits per heavy atom. The van der Waals surface area contributed by atoms with Crippen LogP contribution in [0.25, 0.3) is 0 Å². The minimum Gasteiger partial charge on any atom is -0.389 e. The van der Waals surface area contributed by atoms with Crippen LogP contribution >= 0.6 is 19.4 Å². The maximum Gasteiger partial charge on any atom is 0.469 e. The molecule has 0 amide bonds. The fraction of sp³-hybridized carbons (Fsp3) is 0.556. The molecule has 0 bridgehead atoms. The molecule has 118 valence electrons.